The topological polar surface area (TPSA) is 92.7 Å². The molecular formula is C27H25NO5. The van der Waals surface area contributed by atoms with E-state index >= 15 is 0 Å². The van der Waals surface area contributed by atoms with Gasteiger partial charge < -0.3 is 15.2 Å². The number of hydrogen-bond acceptors (Lipinski definition) is 4. The maximum Gasteiger partial charge on any atom is 0.341 e. The van der Waals surface area contributed by atoms with E-state index in [0.29, 0.717) is 22.6 Å². The van der Waals surface area contributed by atoms with Gasteiger partial charge in [0.1, 0.15) is 5.75 Å². The highest BCUT2D eigenvalue weighted by atomic mass is 16.5. The van der Waals surface area contributed by atoms with Crippen LogP contribution in [0.2, 0.25) is 0 Å². The van der Waals surface area contributed by atoms with Crippen LogP contribution in [0.5, 0.6) is 5.75 Å². The normalized spacial score (nSPS) is 14.7. The third kappa shape index (κ3) is 5.29. The molecule has 0 saturated carbocycles. The molecule has 2 N–H and O–H groups in total. The van der Waals surface area contributed by atoms with Crippen molar-refractivity contribution >= 4 is 23.3 Å². The lowest BCUT2D eigenvalue weighted by atomic mass is 9.80. The number of benzene rings is 3. The monoisotopic (exact) mass is 443 g/mol. The Kier molecular flexibility index (Phi) is 6.83. The van der Waals surface area contributed by atoms with Crippen LogP contribution in [0.25, 0.3) is 0 Å². The highest BCUT2D eigenvalue weighted by Crippen LogP contribution is 2.38. The summed E-state index contributed by atoms with van der Waals surface area (Å²) in [5, 5.41) is 11.8. The average Bonchev–Trinajstić information content (AvgIpc) is 2.83. The van der Waals surface area contributed by atoms with E-state index in [0.717, 1.165) is 30.4 Å². The van der Waals surface area contributed by atoms with Crippen molar-refractivity contribution in [3.05, 3.63) is 95.1 Å². The molecule has 0 fully saturated rings. The van der Waals surface area contributed by atoms with Crippen LogP contribution in [-0.2, 0) is 16.0 Å². The van der Waals surface area contributed by atoms with E-state index in [-0.39, 0.29) is 24.0 Å². The number of carbonyl (C=O) groups excluding carboxylic acids is 2. The van der Waals surface area contributed by atoms with Crippen LogP contribution in [0, 0.1) is 0 Å². The van der Waals surface area contributed by atoms with E-state index in [2.05, 4.69) is 5.32 Å². The van der Waals surface area contributed by atoms with Gasteiger partial charge in [-0.05, 0) is 54.5 Å². The van der Waals surface area contributed by atoms with Gasteiger partial charge in [0.05, 0.1) is 5.69 Å². The van der Waals surface area contributed by atoms with Gasteiger partial charge >= 0.3 is 5.97 Å². The lowest BCUT2D eigenvalue weighted by molar-refractivity contribution is -0.139. The molecule has 3 aromatic carbocycles. The van der Waals surface area contributed by atoms with E-state index < -0.39 is 12.6 Å². The average molecular weight is 443 g/mol. The standard InChI is InChI=1S/C27H25NO5/c29-25(28-23-14-5-4-11-22(23)27(32)18-8-2-1-3-9-18)16-19-10-6-13-21-20(19)12-7-15-24(21)33-17-26(30)31/h1-5,7-9,11-12,14-15,19H,6,10,13,16-17H2,(H,28,29)(H,30,31). The van der Waals surface area contributed by atoms with Crippen molar-refractivity contribution in [3.63, 3.8) is 0 Å². The minimum atomic E-state index is -1.02. The first-order chi connectivity index (χ1) is 16.0. The summed E-state index contributed by atoms with van der Waals surface area (Å²) >= 11 is 0. The number of aliphatic carboxylic acids is 1. The largest absolute Gasteiger partial charge is 0.482 e. The molecule has 0 bridgehead atoms. The van der Waals surface area contributed by atoms with Crippen molar-refractivity contribution in [2.75, 3.05) is 11.9 Å². The zero-order chi connectivity index (χ0) is 23.2. The number of fused-ring (bicyclic) bond motifs is 1. The van der Waals surface area contributed by atoms with Crippen molar-refractivity contribution < 1.29 is 24.2 Å². The van der Waals surface area contributed by atoms with E-state index in [4.69, 9.17) is 9.84 Å². The van der Waals surface area contributed by atoms with Gasteiger partial charge in [0.2, 0.25) is 5.91 Å². The Morgan fingerprint density at radius 3 is 2.48 bits per heavy atom. The third-order valence-electron chi connectivity index (χ3n) is 5.85. The zero-order valence-corrected chi connectivity index (χ0v) is 18.1. The number of ether oxygens (including phenoxy) is 1. The summed E-state index contributed by atoms with van der Waals surface area (Å²) in [4.78, 5) is 36.8. The summed E-state index contributed by atoms with van der Waals surface area (Å²) in [7, 11) is 0. The van der Waals surface area contributed by atoms with E-state index in [1.807, 2.05) is 30.3 Å². The van der Waals surface area contributed by atoms with Gasteiger partial charge in [-0.25, -0.2) is 4.79 Å². The van der Waals surface area contributed by atoms with Crippen LogP contribution in [-0.4, -0.2) is 29.4 Å². The predicted octanol–water partition coefficient (Wildman–Crippen LogP) is 4.83. The Balaban J connectivity index is 1.50. The van der Waals surface area contributed by atoms with Gasteiger partial charge in [0.25, 0.3) is 0 Å². The molecule has 1 atom stereocenters. The lowest BCUT2D eigenvalue weighted by Gasteiger charge is -2.27. The zero-order valence-electron chi connectivity index (χ0n) is 18.1. The highest BCUT2D eigenvalue weighted by molar-refractivity contribution is 6.13. The molecule has 0 radical (unpaired) electrons. The molecule has 33 heavy (non-hydrogen) atoms. The summed E-state index contributed by atoms with van der Waals surface area (Å²) in [6.45, 7) is -0.395. The van der Waals surface area contributed by atoms with Crippen molar-refractivity contribution in [1.29, 1.82) is 0 Å². The Bertz CT molecular complexity index is 1170. The molecule has 1 aliphatic carbocycles. The first kappa shape index (κ1) is 22.3. The van der Waals surface area contributed by atoms with Crippen molar-refractivity contribution in [2.45, 2.75) is 31.6 Å². The summed E-state index contributed by atoms with van der Waals surface area (Å²) in [5.74, 6) is -0.770. The molecule has 0 spiro atoms. The van der Waals surface area contributed by atoms with Gasteiger partial charge in [-0.15, -0.1) is 0 Å². The number of ketones is 1. The molecule has 6 heteroatoms. The first-order valence-electron chi connectivity index (χ1n) is 11.0. The van der Waals surface area contributed by atoms with Crippen LogP contribution >= 0.6 is 0 Å². The quantitative estimate of drug-likeness (QED) is 0.487. The number of hydrogen-bond donors (Lipinski definition) is 2. The second-order valence-electron chi connectivity index (χ2n) is 8.09. The van der Waals surface area contributed by atoms with Crippen molar-refractivity contribution in [3.8, 4) is 5.75 Å². The van der Waals surface area contributed by atoms with Gasteiger partial charge in [0.15, 0.2) is 12.4 Å². The fraction of sp³-hybridized carbons (Fsp3) is 0.222. The second-order valence-corrected chi connectivity index (χ2v) is 8.09. The summed E-state index contributed by atoms with van der Waals surface area (Å²) in [6.07, 6.45) is 2.80. The Morgan fingerprint density at radius 1 is 0.939 bits per heavy atom. The van der Waals surface area contributed by atoms with Gasteiger partial charge in [0, 0.05) is 17.5 Å². The first-order valence-corrected chi connectivity index (χ1v) is 11.0. The number of para-hydroxylation sites is 1. The Morgan fingerprint density at radius 2 is 1.70 bits per heavy atom. The number of nitrogens with one attached hydrogen (secondary N) is 1. The Hall–Kier alpha value is -3.93. The Labute approximate surface area is 192 Å². The van der Waals surface area contributed by atoms with Gasteiger partial charge in [-0.2, -0.15) is 0 Å². The van der Waals surface area contributed by atoms with Crippen LogP contribution < -0.4 is 10.1 Å². The van der Waals surface area contributed by atoms with Gasteiger partial charge in [-0.3, -0.25) is 9.59 Å². The smallest absolute Gasteiger partial charge is 0.341 e. The highest BCUT2D eigenvalue weighted by Gasteiger charge is 2.26. The third-order valence-corrected chi connectivity index (χ3v) is 5.85. The maximum atomic E-state index is 13.0. The van der Waals surface area contributed by atoms with Crippen LogP contribution in [0.3, 0.4) is 0 Å². The fourth-order valence-electron chi connectivity index (χ4n) is 4.36. The molecule has 0 aromatic heterocycles. The van der Waals surface area contributed by atoms with E-state index in [9.17, 15) is 14.4 Å². The van der Waals surface area contributed by atoms with Crippen LogP contribution in [0.4, 0.5) is 5.69 Å². The molecule has 0 saturated heterocycles. The number of amides is 1. The molecule has 6 nitrogen and oxygen atoms in total. The van der Waals surface area contributed by atoms with Crippen molar-refractivity contribution in [1.82, 2.24) is 0 Å². The molecule has 0 heterocycles. The minimum Gasteiger partial charge on any atom is -0.482 e. The number of anilines is 1. The van der Waals surface area contributed by atoms with Crippen LogP contribution in [0.1, 0.15) is 52.2 Å². The summed E-state index contributed by atoms with van der Waals surface area (Å²) in [6, 6.07) is 21.6. The second kappa shape index (κ2) is 10.1. The number of carbonyl (C=O) groups is 3. The van der Waals surface area contributed by atoms with Crippen molar-refractivity contribution in [2.24, 2.45) is 0 Å². The molecule has 1 amide bonds. The van der Waals surface area contributed by atoms with E-state index in [1.165, 1.54) is 0 Å². The molecule has 1 unspecified atom stereocenters. The molecule has 168 valence electrons. The predicted molar refractivity (Wildman–Crippen MR) is 125 cm³/mol. The summed E-state index contributed by atoms with van der Waals surface area (Å²) < 4.78 is 5.46. The molecule has 3 aromatic rings. The van der Waals surface area contributed by atoms with E-state index in [1.54, 1.807) is 42.5 Å². The number of carboxylic acids is 1. The number of carboxylic acid groups (broad SMARTS) is 1. The lowest BCUT2D eigenvalue weighted by Crippen LogP contribution is -2.21. The minimum absolute atomic E-state index is 0.000819. The summed E-state index contributed by atoms with van der Waals surface area (Å²) in [5.41, 5.74) is 3.50. The molecular weight excluding hydrogens is 418 g/mol. The SMILES string of the molecule is O=C(O)COc1cccc2c1CCCC2CC(=O)Nc1ccccc1C(=O)c1ccccc1. The molecule has 4 rings (SSSR count). The number of rotatable bonds is 8. The molecule has 1 aliphatic rings. The maximum absolute atomic E-state index is 13.0. The van der Waals surface area contributed by atoms with Gasteiger partial charge in [-0.1, -0.05) is 54.6 Å². The van der Waals surface area contributed by atoms with Crippen LogP contribution in [0.15, 0.2) is 72.8 Å². The fourth-order valence-corrected chi connectivity index (χ4v) is 4.36. The molecule has 0 aliphatic heterocycles.